The molecular formula is C24H33N7O2. The summed E-state index contributed by atoms with van der Waals surface area (Å²) in [4.78, 5) is 30.0. The number of morpholine rings is 1. The van der Waals surface area contributed by atoms with Gasteiger partial charge < -0.3 is 14.6 Å². The highest BCUT2D eigenvalue weighted by atomic mass is 16.5. The Morgan fingerprint density at radius 1 is 1.33 bits per heavy atom. The quantitative estimate of drug-likeness (QED) is 0.618. The molecule has 2 N–H and O–H groups in total. The van der Waals surface area contributed by atoms with E-state index >= 15 is 0 Å². The second-order valence-corrected chi connectivity index (χ2v) is 9.92. The summed E-state index contributed by atoms with van der Waals surface area (Å²) in [5.41, 5.74) is 5.82. The van der Waals surface area contributed by atoms with Crippen molar-refractivity contribution in [3.05, 3.63) is 23.5 Å². The van der Waals surface area contributed by atoms with Crippen LogP contribution in [0.2, 0.25) is 0 Å². The summed E-state index contributed by atoms with van der Waals surface area (Å²) in [5, 5.41) is 7.80. The Morgan fingerprint density at radius 3 is 2.88 bits per heavy atom. The molecule has 5 rings (SSSR count). The minimum Gasteiger partial charge on any atom is -0.379 e. The van der Waals surface area contributed by atoms with Crippen molar-refractivity contribution in [3.8, 4) is 11.5 Å². The molecule has 1 fully saturated rings. The van der Waals surface area contributed by atoms with Gasteiger partial charge in [-0.1, -0.05) is 13.8 Å². The van der Waals surface area contributed by atoms with Gasteiger partial charge in [0.25, 0.3) is 0 Å². The lowest BCUT2D eigenvalue weighted by atomic mass is 9.76. The standard InChI is InChI=1S/C24H33N7O2/c1-5-31(23(32)15(2)30-8-10-33-11-9-30)16-12-18-21(25-14-16)27-22(26-18)20-17-6-7-24(3,4)13-19(17)28-29-20/h12,14-15H,5-11,13H2,1-4H3,(H,28,29)(H,25,26,27). The Hall–Kier alpha value is -2.78. The second-order valence-electron chi connectivity index (χ2n) is 9.92. The zero-order valence-corrected chi connectivity index (χ0v) is 19.9. The van der Waals surface area contributed by atoms with E-state index in [1.165, 1.54) is 11.3 Å². The van der Waals surface area contributed by atoms with Crippen molar-refractivity contribution in [1.29, 1.82) is 0 Å². The molecule has 2 aliphatic rings. The van der Waals surface area contributed by atoms with Crippen LogP contribution in [0, 0.1) is 5.41 Å². The van der Waals surface area contributed by atoms with Crippen LogP contribution in [-0.2, 0) is 22.4 Å². The van der Waals surface area contributed by atoms with Crippen LogP contribution in [0.4, 0.5) is 5.69 Å². The number of nitrogens with zero attached hydrogens (tertiary/aromatic N) is 5. The van der Waals surface area contributed by atoms with E-state index in [0.717, 1.165) is 55.1 Å². The molecule has 1 atom stereocenters. The van der Waals surface area contributed by atoms with E-state index in [0.29, 0.717) is 25.4 Å². The second kappa shape index (κ2) is 8.53. The molecule has 0 saturated carbocycles. The number of amides is 1. The van der Waals surface area contributed by atoms with Crippen LogP contribution < -0.4 is 4.90 Å². The number of carbonyl (C=O) groups is 1. The molecule has 0 radical (unpaired) electrons. The minimum atomic E-state index is -0.209. The van der Waals surface area contributed by atoms with Crippen LogP contribution in [0.3, 0.4) is 0 Å². The van der Waals surface area contributed by atoms with Crippen molar-refractivity contribution in [1.82, 2.24) is 30.0 Å². The molecule has 1 unspecified atom stereocenters. The highest BCUT2D eigenvalue weighted by Gasteiger charge is 2.30. The van der Waals surface area contributed by atoms with Crippen LogP contribution in [0.5, 0.6) is 0 Å². The summed E-state index contributed by atoms with van der Waals surface area (Å²) in [6.45, 7) is 12.0. The first-order chi connectivity index (χ1) is 15.9. The summed E-state index contributed by atoms with van der Waals surface area (Å²) in [6, 6.07) is 1.73. The van der Waals surface area contributed by atoms with Crippen molar-refractivity contribution in [2.45, 2.75) is 53.0 Å². The zero-order chi connectivity index (χ0) is 23.2. The Labute approximate surface area is 193 Å². The predicted molar refractivity (Wildman–Crippen MR) is 127 cm³/mol. The Bertz CT molecular complexity index is 1160. The molecule has 9 nitrogen and oxygen atoms in total. The number of pyridine rings is 1. The maximum absolute atomic E-state index is 13.3. The van der Waals surface area contributed by atoms with Crippen molar-refractivity contribution in [2.75, 3.05) is 37.7 Å². The van der Waals surface area contributed by atoms with Gasteiger partial charge >= 0.3 is 0 Å². The number of aromatic amines is 2. The van der Waals surface area contributed by atoms with Crippen molar-refractivity contribution in [3.63, 3.8) is 0 Å². The van der Waals surface area contributed by atoms with Crippen LogP contribution in [0.1, 0.15) is 45.4 Å². The summed E-state index contributed by atoms with van der Waals surface area (Å²) in [5.74, 6) is 0.795. The number of rotatable bonds is 5. The zero-order valence-electron chi connectivity index (χ0n) is 19.9. The van der Waals surface area contributed by atoms with E-state index in [9.17, 15) is 4.79 Å². The lowest BCUT2D eigenvalue weighted by Crippen LogP contribution is -2.51. The predicted octanol–water partition coefficient (Wildman–Crippen LogP) is 2.94. The molecular weight excluding hydrogens is 418 g/mol. The lowest BCUT2D eigenvalue weighted by Gasteiger charge is -2.34. The number of carbonyl (C=O) groups excluding carboxylic acids is 1. The summed E-state index contributed by atoms with van der Waals surface area (Å²) < 4.78 is 5.43. The van der Waals surface area contributed by atoms with E-state index in [4.69, 9.17) is 9.72 Å². The number of ether oxygens (including phenoxy) is 1. The first-order valence-corrected chi connectivity index (χ1v) is 11.9. The fraction of sp³-hybridized carbons (Fsp3) is 0.583. The molecule has 1 amide bonds. The van der Waals surface area contributed by atoms with Crippen LogP contribution in [0.25, 0.3) is 22.7 Å². The van der Waals surface area contributed by atoms with E-state index in [1.807, 2.05) is 19.9 Å². The molecule has 1 aliphatic heterocycles. The summed E-state index contributed by atoms with van der Waals surface area (Å²) in [7, 11) is 0. The molecule has 3 aromatic heterocycles. The molecule has 33 heavy (non-hydrogen) atoms. The van der Waals surface area contributed by atoms with Gasteiger partial charge in [0.2, 0.25) is 5.91 Å². The minimum absolute atomic E-state index is 0.0697. The molecule has 1 saturated heterocycles. The number of H-pyrrole nitrogens is 2. The first kappa shape index (κ1) is 22.0. The van der Waals surface area contributed by atoms with Crippen molar-refractivity contribution >= 4 is 22.8 Å². The molecule has 1 aliphatic carbocycles. The number of imidazole rings is 1. The Morgan fingerprint density at radius 2 is 2.12 bits per heavy atom. The average molecular weight is 452 g/mol. The summed E-state index contributed by atoms with van der Waals surface area (Å²) >= 11 is 0. The number of hydrogen-bond acceptors (Lipinski definition) is 6. The first-order valence-electron chi connectivity index (χ1n) is 11.9. The van der Waals surface area contributed by atoms with E-state index in [2.05, 4.69) is 38.9 Å². The maximum atomic E-state index is 13.3. The van der Waals surface area contributed by atoms with Crippen LogP contribution in [-0.4, -0.2) is 74.8 Å². The van der Waals surface area contributed by atoms with Crippen molar-refractivity contribution in [2.24, 2.45) is 5.41 Å². The molecule has 0 aromatic carbocycles. The van der Waals surface area contributed by atoms with Gasteiger partial charge in [-0.15, -0.1) is 0 Å². The highest BCUT2D eigenvalue weighted by Crippen LogP contribution is 2.37. The normalized spacial score (nSPS) is 19.4. The average Bonchev–Trinajstić information content (AvgIpc) is 3.41. The number of aromatic nitrogens is 5. The molecule has 3 aromatic rings. The number of likely N-dealkylation sites (N-methyl/N-ethyl adjacent to an activating group) is 1. The molecule has 9 heteroatoms. The van der Waals surface area contributed by atoms with E-state index < -0.39 is 0 Å². The number of anilines is 1. The third kappa shape index (κ3) is 4.15. The topological polar surface area (TPSA) is 103 Å². The lowest BCUT2D eigenvalue weighted by molar-refractivity contribution is -0.124. The third-order valence-corrected chi connectivity index (χ3v) is 7.05. The third-order valence-electron chi connectivity index (χ3n) is 7.05. The summed E-state index contributed by atoms with van der Waals surface area (Å²) in [6.07, 6.45) is 4.86. The van der Waals surface area contributed by atoms with E-state index in [1.54, 1.807) is 11.1 Å². The maximum Gasteiger partial charge on any atom is 0.244 e. The smallest absolute Gasteiger partial charge is 0.244 e. The van der Waals surface area contributed by atoms with Gasteiger partial charge in [-0.2, -0.15) is 5.10 Å². The molecule has 176 valence electrons. The van der Waals surface area contributed by atoms with Gasteiger partial charge in [0.1, 0.15) is 11.2 Å². The van der Waals surface area contributed by atoms with Gasteiger partial charge in [-0.05, 0) is 44.6 Å². The SMILES string of the molecule is CCN(C(=O)C(C)N1CCOCC1)c1cnc2[nH]c(-c3n[nH]c4c3CCC(C)(C)C4)nc2c1. The van der Waals surface area contributed by atoms with Gasteiger partial charge in [0.15, 0.2) is 11.5 Å². The van der Waals surface area contributed by atoms with Gasteiger partial charge in [0, 0.05) is 30.9 Å². The van der Waals surface area contributed by atoms with Crippen molar-refractivity contribution < 1.29 is 9.53 Å². The fourth-order valence-electron chi connectivity index (χ4n) is 5.00. The monoisotopic (exact) mass is 451 g/mol. The Kier molecular flexibility index (Phi) is 5.70. The van der Waals surface area contributed by atoms with E-state index in [-0.39, 0.29) is 17.4 Å². The molecule has 4 heterocycles. The number of nitrogens with one attached hydrogen (secondary N) is 2. The Balaban J connectivity index is 1.41. The number of hydrogen-bond donors (Lipinski definition) is 2. The molecule has 0 spiro atoms. The van der Waals surface area contributed by atoms with Crippen LogP contribution >= 0.6 is 0 Å². The van der Waals surface area contributed by atoms with Crippen LogP contribution in [0.15, 0.2) is 12.3 Å². The van der Waals surface area contributed by atoms with Gasteiger partial charge in [-0.3, -0.25) is 14.8 Å². The van der Waals surface area contributed by atoms with Gasteiger partial charge in [-0.25, -0.2) is 9.97 Å². The fourth-order valence-corrected chi connectivity index (χ4v) is 5.00. The highest BCUT2D eigenvalue weighted by molar-refractivity contribution is 5.98. The molecule has 0 bridgehead atoms. The largest absolute Gasteiger partial charge is 0.379 e. The number of fused-ring (bicyclic) bond motifs is 2. The van der Waals surface area contributed by atoms with Gasteiger partial charge in [0.05, 0.1) is 31.1 Å².